The van der Waals surface area contributed by atoms with Crippen molar-refractivity contribution in [1.29, 1.82) is 0 Å². The van der Waals surface area contributed by atoms with E-state index in [1.54, 1.807) is 6.21 Å². The smallest absolute Gasteiger partial charge is 0.244 e. The molecule has 4 nitrogen and oxygen atoms in total. The standard InChI is InChI=1S/C25H27N3O/c1-25-14-8-7-12-21(25)23(25)24(29)27-26-15-19-17-28(16-18-9-3-2-4-10-18)22-13-6-5-11-20(19)22/h2-6,9-11,13,15,17,21,23H,7-8,12,14,16H2,1H3,(H,27,29)/b26-15-/t21-,23+,25+/m1/s1. The second-order valence-electron chi connectivity index (χ2n) is 8.79. The molecule has 5 rings (SSSR count). The molecule has 0 radical (unpaired) electrons. The van der Waals surface area contributed by atoms with Gasteiger partial charge in [0.15, 0.2) is 0 Å². The Morgan fingerprint density at radius 1 is 1.17 bits per heavy atom. The van der Waals surface area contributed by atoms with E-state index < -0.39 is 0 Å². The van der Waals surface area contributed by atoms with Crippen molar-refractivity contribution in [2.24, 2.45) is 22.4 Å². The maximum absolute atomic E-state index is 12.6. The van der Waals surface area contributed by atoms with E-state index in [1.807, 2.05) is 12.1 Å². The number of hydrogen-bond acceptors (Lipinski definition) is 2. The van der Waals surface area contributed by atoms with Crippen LogP contribution < -0.4 is 5.43 Å². The summed E-state index contributed by atoms with van der Waals surface area (Å²) in [5.41, 5.74) is 6.49. The summed E-state index contributed by atoms with van der Waals surface area (Å²) >= 11 is 0. The van der Waals surface area contributed by atoms with Crippen LogP contribution in [0.3, 0.4) is 0 Å². The van der Waals surface area contributed by atoms with E-state index in [0.29, 0.717) is 5.92 Å². The summed E-state index contributed by atoms with van der Waals surface area (Å²) in [5.74, 6) is 0.782. The maximum atomic E-state index is 12.6. The van der Waals surface area contributed by atoms with Crippen molar-refractivity contribution in [2.45, 2.75) is 39.2 Å². The summed E-state index contributed by atoms with van der Waals surface area (Å²) in [7, 11) is 0. The minimum atomic E-state index is 0.0867. The molecule has 0 aliphatic heterocycles. The fraction of sp³-hybridized carbons (Fsp3) is 0.360. The first-order valence-electron chi connectivity index (χ1n) is 10.6. The molecule has 3 aromatic rings. The van der Waals surface area contributed by atoms with E-state index in [-0.39, 0.29) is 17.2 Å². The summed E-state index contributed by atoms with van der Waals surface area (Å²) in [4.78, 5) is 12.6. The molecule has 0 unspecified atom stereocenters. The number of amides is 1. The van der Waals surface area contributed by atoms with Gasteiger partial charge in [0.05, 0.1) is 6.21 Å². The highest BCUT2D eigenvalue weighted by molar-refractivity contribution is 5.99. The number of nitrogens with zero attached hydrogens (tertiary/aromatic N) is 2. The van der Waals surface area contributed by atoms with Gasteiger partial charge < -0.3 is 4.57 Å². The Morgan fingerprint density at radius 3 is 2.76 bits per heavy atom. The van der Waals surface area contributed by atoms with E-state index >= 15 is 0 Å². The number of aromatic nitrogens is 1. The fourth-order valence-corrected chi connectivity index (χ4v) is 5.37. The van der Waals surface area contributed by atoms with Gasteiger partial charge in [-0.1, -0.05) is 68.3 Å². The lowest BCUT2D eigenvalue weighted by atomic mass is 9.90. The summed E-state index contributed by atoms with van der Waals surface area (Å²) in [6.07, 6.45) is 8.77. The normalized spacial score (nSPS) is 25.8. The number of carbonyl (C=O) groups excluding carboxylic acids is 1. The average Bonchev–Trinajstić information content (AvgIpc) is 3.25. The van der Waals surface area contributed by atoms with Crippen LogP contribution in [-0.4, -0.2) is 16.7 Å². The molecule has 3 atom stereocenters. The number of hydrogen-bond donors (Lipinski definition) is 1. The van der Waals surface area contributed by atoms with Crippen molar-refractivity contribution >= 4 is 23.0 Å². The van der Waals surface area contributed by atoms with Crippen molar-refractivity contribution in [2.75, 3.05) is 0 Å². The first kappa shape index (κ1) is 18.2. The Labute approximate surface area is 171 Å². The predicted octanol–water partition coefficient (Wildman–Crippen LogP) is 4.97. The number of fused-ring (bicyclic) bond motifs is 2. The van der Waals surface area contributed by atoms with E-state index in [1.165, 1.54) is 36.8 Å². The molecule has 0 bridgehead atoms. The SMILES string of the molecule is C[C@]12CCCC[C@@H]1[C@H]2C(=O)N/N=C\c1cn(Cc2ccccc2)c2ccccc12. The van der Waals surface area contributed by atoms with Gasteiger partial charge in [0, 0.05) is 35.1 Å². The average molecular weight is 386 g/mol. The molecule has 0 spiro atoms. The number of nitrogens with one attached hydrogen (secondary N) is 1. The van der Waals surface area contributed by atoms with Crippen molar-refractivity contribution < 1.29 is 4.79 Å². The number of carbonyl (C=O) groups is 1. The second-order valence-corrected chi connectivity index (χ2v) is 8.79. The molecule has 2 aliphatic rings. The Hall–Kier alpha value is -2.88. The molecule has 148 valence electrons. The molecule has 1 heterocycles. The molecule has 0 saturated heterocycles. The highest BCUT2D eigenvalue weighted by atomic mass is 16.2. The molecular weight excluding hydrogens is 358 g/mol. The zero-order valence-corrected chi connectivity index (χ0v) is 16.8. The molecule has 2 saturated carbocycles. The Kier molecular flexibility index (Phi) is 4.50. The van der Waals surface area contributed by atoms with Crippen LogP contribution in [0, 0.1) is 17.3 Å². The molecule has 2 aromatic carbocycles. The fourth-order valence-electron chi connectivity index (χ4n) is 5.37. The lowest BCUT2D eigenvalue weighted by Crippen LogP contribution is -2.22. The Morgan fingerprint density at radius 2 is 1.97 bits per heavy atom. The van der Waals surface area contributed by atoms with Crippen LogP contribution in [-0.2, 0) is 11.3 Å². The summed E-state index contributed by atoms with van der Waals surface area (Å²) in [6, 6.07) is 18.8. The molecular formula is C25H27N3O. The molecule has 29 heavy (non-hydrogen) atoms. The lowest BCUT2D eigenvalue weighted by Gasteiger charge is -2.15. The van der Waals surface area contributed by atoms with Crippen molar-refractivity contribution in [3.63, 3.8) is 0 Å². The van der Waals surface area contributed by atoms with Crippen molar-refractivity contribution in [3.8, 4) is 0 Å². The van der Waals surface area contributed by atoms with Crippen LogP contribution in [0.5, 0.6) is 0 Å². The van der Waals surface area contributed by atoms with Gasteiger partial charge in [0.25, 0.3) is 0 Å². The van der Waals surface area contributed by atoms with Crippen LogP contribution in [0.25, 0.3) is 10.9 Å². The lowest BCUT2D eigenvalue weighted by molar-refractivity contribution is -0.123. The van der Waals surface area contributed by atoms with Gasteiger partial charge in [-0.3, -0.25) is 4.79 Å². The minimum absolute atomic E-state index is 0.0867. The molecule has 1 amide bonds. The van der Waals surface area contributed by atoms with E-state index in [0.717, 1.165) is 17.5 Å². The molecule has 4 heteroatoms. The van der Waals surface area contributed by atoms with Crippen LogP contribution in [0.4, 0.5) is 0 Å². The Balaban J connectivity index is 1.33. The third-order valence-electron chi connectivity index (χ3n) is 7.01. The highest BCUT2D eigenvalue weighted by Crippen LogP contribution is 2.66. The van der Waals surface area contributed by atoms with Gasteiger partial charge in [-0.25, -0.2) is 5.43 Å². The zero-order valence-electron chi connectivity index (χ0n) is 16.8. The summed E-state index contributed by atoms with van der Waals surface area (Å²) in [6.45, 7) is 3.08. The number of hydrazone groups is 1. The minimum Gasteiger partial charge on any atom is -0.342 e. The van der Waals surface area contributed by atoms with Crippen LogP contribution >= 0.6 is 0 Å². The van der Waals surface area contributed by atoms with E-state index in [2.05, 4.69) is 70.7 Å². The van der Waals surface area contributed by atoms with E-state index in [9.17, 15) is 4.79 Å². The van der Waals surface area contributed by atoms with Crippen LogP contribution in [0.2, 0.25) is 0 Å². The van der Waals surface area contributed by atoms with Crippen LogP contribution in [0.1, 0.15) is 43.7 Å². The quantitative estimate of drug-likeness (QED) is 0.489. The predicted molar refractivity (Wildman–Crippen MR) is 117 cm³/mol. The topological polar surface area (TPSA) is 46.4 Å². The second kappa shape index (κ2) is 7.18. The van der Waals surface area contributed by atoms with Crippen LogP contribution in [0.15, 0.2) is 65.9 Å². The summed E-state index contributed by atoms with van der Waals surface area (Å²) in [5, 5.41) is 5.47. The first-order chi connectivity index (χ1) is 14.2. The monoisotopic (exact) mass is 385 g/mol. The number of para-hydroxylation sites is 1. The summed E-state index contributed by atoms with van der Waals surface area (Å²) < 4.78 is 2.24. The van der Waals surface area contributed by atoms with Gasteiger partial charge in [-0.05, 0) is 35.8 Å². The third kappa shape index (κ3) is 3.27. The van der Waals surface area contributed by atoms with Gasteiger partial charge in [0.2, 0.25) is 5.91 Å². The Bertz CT molecular complexity index is 1070. The van der Waals surface area contributed by atoms with Crippen molar-refractivity contribution in [3.05, 3.63) is 71.9 Å². The highest BCUT2D eigenvalue weighted by Gasteiger charge is 2.64. The first-order valence-corrected chi connectivity index (χ1v) is 10.6. The molecule has 2 aliphatic carbocycles. The maximum Gasteiger partial charge on any atom is 0.244 e. The molecule has 2 fully saturated rings. The molecule has 1 aromatic heterocycles. The number of benzene rings is 2. The third-order valence-corrected chi connectivity index (χ3v) is 7.01. The van der Waals surface area contributed by atoms with E-state index in [4.69, 9.17) is 0 Å². The van der Waals surface area contributed by atoms with Gasteiger partial charge >= 0.3 is 0 Å². The van der Waals surface area contributed by atoms with Gasteiger partial charge in [-0.15, -0.1) is 0 Å². The largest absolute Gasteiger partial charge is 0.342 e. The number of rotatable bonds is 5. The molecule has 1 N–H and O–H groups in total. The van der Waals surface area contributed by atoms with Gasteiger partial charge in [-0.2, -0.15) is 5.10 Å². The van der Waals surface area contributed by atoms with Crippen molar-refractivity contribution in [1.82, 2.24) is 9.99 Å². The zero-order chi connectivity index (χ0) is 19.8. The van der Waals surface area contributed by atoms with Gasteiger partial charge in [0.1, 0.15) is 0 Å².